The third-order valence-corrected chi connectivity index (χ3v) is 6.61. The van der Waals surface area contributed by atoms with Crippen LogP contribution in [0, 0.1) is 18.7 Å². The van der Waals surface area contributed by atoms with E-state index in [-0.39, 0.29) is 11.3 Å². The van der Waals surface area contributed by atoms with Crippen molar-refractivity contribution in [3.05, 3.63) is 71.8 Å². The van der Waals surface area contributed by atoms with E-state index in [1.165, 1.54) is 19.2 Å². The largest absolute Gasteiger partial charge is 0.494 e. The van der Waals surface area contributed by atoms with Crippen molar-refractivity contribution in [2.45, 2.75) is 19.8 Å². The molecule has 0 radical (unpaired) electrons. The molecular weight excluding hydrogens is 477 g/mol. The summed E-state index contributed by atoms with van der Waals surface area (Å²) in [6.07, 6.45) is 5.51. The Morgan fingerprint density at radius 1 is 1.19 bits per heavy atom. The lowest BCUT2D eigenvalue weighted by Crippen LogP contribution is -2.22. The highest BCUT2D eigenvalue weighted by Crippen LogP contribution is 2.33. The number of pyridine rings is 1. The molecule has 5 rings (SSSR count). The van der Waals surface area contributed by atoms with Gasteiger partial charge in [-0.2, -0.15) is 0 Å². The Bertz CT molecular complexity index is 1450. The number of carboxylic acid groups (broad SMARTS) is 1. The Labute approximate surface area is 213 Å². The predicted octanol–water partition coefficient (Wildman–Crippen LogP) is 5.79. The van der Waals surface area contributed by atoms with E-state index < -0.39 is 11.8 Å². The van der Waals surface area contributed by atoms with Gasteiger partial charge in [-0.15, -0.1) is 0 Å². The molecule has 0 amide bonds. The molecule has 37 heavy (non-hydrogen) atoms. The number of nitrogens with zero attached hydrogens (tertiary/aromatic N) is 2. The van der Waals surface area contributed by atoms with Crippen LogP contribution >= 0.6 is 0 Å². The van der Waals surface area contributed by atoms with E-state index in [9.17, 15) is 14.3 Å². The third kappa shape index (κ3) is 5.22. The summed E-state index contributed by atoms with van der Waals surface area (Å²) in [5, 5.41) is 12.9. The van der Waals surface area contributed by atoms with Crippen molar-refractivity contribution >= 4 is 17.3 Å². The lowest BCUT2D eigenvalue weighted by atomic mass is 10.0. The molecule has 0 bridgehead atoms. The highest BCUT2D eigenvalue weighted by molar-refractivity contribution is 5.90. The predicted molar refractivity (Wildman–Crippen MR) is 137 cm³/mol. The normalized spacial score (nSPS) is 14.0. The molecule has 2 aromatic heterocycles. The van der Waals surface area contributed by atoms with Crippen molar-refractivity contribution in [1.82, 2.24) is 9.38 Å². The molecule has 0 atom stereocenters. The van der Waals surface area contributed by atoms with E-state index in [0.29, 0.717) is 28.6 Å². The van der Waals surface area contributed by atoms with Crippen molar-refractivity contribution in [3.8, 4) is 28.5 Å². The van der Waals surface area contributed by atoms with Gasteiger partial charge >= 0.3 is 5.97 Å². The van der Waals surface area contributed by atoms with E-state index >= 15 is 0 Å². The smallest absolute Gasteiger partial charge is 0.335 e. The molecule has 1 aliphatic rings. The molecule has 2 aromatic carbocycles. The summed E-state index contributed by atoms with van der Waals surface area (Å²) in [5.41, 5.74) is 3.98. The van der Waals surface area contributed by atoms with Crippen molar-refractivity contribution < 1.29 is 28.5 Å². The zero-order chi connectivity index (χ0) is 25.9. The second-order valence-electron chi connectivity index (χ2n) is 9.10. The number of methoxy groups -OCH3 is 1. The summed E-state index contributed by atoms with van der Waals surface area (Å²) in [5.74, 6) is -0.0464. The maximum atomic E-state index is 14.3. The van der Waals surface area contributed by atoms with Gasteiger partial charge in [0.1, 0.15) is 11.5 Å². The van der Waals surface area contributed by atoms with Crippen LogP contribution in [0.5, 0.6) is 17.2 Å². The number of carbonyl (C=O) groups is 1. The van der Waals surface area contributed by atoms with E-state index in [2.05, 4.69) is 10.3 Å². The van der Waals surface area contributed by atoms with Gasteiger partial charge in [-0.05, 0) is 55.5 Å². The molecule has 0 spiro atoms. The van der Waals surface area contributed by atoms with Gasteiger partial charge in [-0.25, -0.2) is 14.2 Å². The first-order valence-corrected chi connectivity index (χ1v) is 12.1. The van der Waals surface area contributed by atoms with Gasteiger partial charge in [0, 0.05) is 37.5 Å². The summed E-state index contributed by atoms with van der Waals surface area (Å²) >= 11 is 0. The Kier molecular flexibility index (Phi) is 6.96. The molecule has 0 saturated carbocycles. The minimum absolute atomic E-state index is 0.138. The summed E-state index contributed by atoms with van der Waals surface area (Å²) in [6, 6.07) is 11.5. The van der Waals surface area contributed by atoms with Gasteiger partial charge in [-0.3, -0.25) is 4.40 Å². The lowest BCUT2D eigenvalue weighted by Gasteiger charge is -2.23. The number of aryl methyl sites for hydroxylation is 1. The summed E-state index contributed by atoms with van der Waals surface area (Å²) in [6.45, 7) is 4.04. The molecule has 9 heteroatoms. The summed E-state index contributed by atoms with van der Waals surface area (Å²) in [4.78, 5) is 16.1. The number of benzene rings is 2. The fourth-order valence-electron chi connectivity index (χ4n) is 4.58. The van der Waals surface area contributed by atoms with E-state index in [1.54, 1.807) is 37.5 Å². The monoisotopic (exact) mass is 505 g/mol. The topological polar surface area (TPSA) is 94.3 Å². The summed E-state index contributed by atoms with van der Waals surface area (Å²) < 4.78 is 32.7. The molecule has 2 N–H and O–H groups in total. The molecule has 4 aromatic rings. The number of imidazole rings is 1. The van der Waals surface area contributed by atoms with Gasteiger partial charge in [-0.1, -0.05) is 6.07 Å². The van der Waals surface area contributed by atoms with Gasteiger partial charge in [0.2, 0.25) is 0 Å². The highest BCUT2D eigenvalue weighted by Gasteiger charge is 2.18. The second kappa shape index (κ2) is 10.5. The molecule has 1 aliphatic heterocycles. The number of hydrogen-bond acceptors (Lipinski definition) is 6. The molecule has 1 fully saturated rings. The number of aromatic nitrogens is 2. The molecule has 0 aliphatic carbocycles. The van der Waals surface area contributed by atoms with Gasteiger partial charge in [0.25, 0.3) is 0 Å². The molecule has 192 valence electrons. The summed E-state index contributed by atoms with van der Waals surface area (Å²) in [7, 11) is 1.41. The maximum absolute atomic E-state index is 14.3. The quantitative estimate of drug-likeness (QED) is 0.313. The lowest BCUT2D eigenvalue weighted by molar-refractivity contribution is 0.0694. The molecular formula is C28H28FN3O5. The second-order valence-corrected chi connectivity index (χ2v) is 9.10. The molecule has 0 unspecified atom stereocenters. The van der Waals surface area contributed by atoms with Crippen LogP contribution in [0.4, 0.5) is 10.1 Å². The van der Waals surface area contributed by atoms with Crippen LogP contribution in [0.25, 0.3) is 16.9 Å². The maximum Gasteiger partial charge on any atom is 0.335 e. The van der Waals surface area contributed by atoms with E-state index in [0.717, 1.165) is 49.5 Å². The molecule has 8 nitrogen and oxygen atoms in total. The van der Waals surface area contributed by atoms with Crippen molar-refractivity contribution in [2.75, 3.05) is 32.2 Å². The van der Waals surface area contributed by atoms with Crippen LogP contribution in [0.2, 0.25) is 0 Å². The minimum atomic E-state index is -0.968. The van der Waals surface area contributed by atoms with Gasteiger partial charge in [0.05, 0.1) is 36.4 Å². The number of anilines is 1. The third-order valence-electron chi connectivity index (χ3n) is 6.61. The first kappa shape index (κ1) is 24.6. The Hall–Kier alpha value is -4.11. The number of ether oxygens (including phenoxy) is 3. The van der Waals surface area contributed by atoms with Crippen LogP contribution < -0.4 is 14.8 Å². The SMILES string of the molecule is COc1ccc(Oc2cc(NCC3CCOCC3)c3ncc(-c4ccc(C(=O)O)c(C)c4)n3c2)cc1F. The number of fused-ring (bicyclic) bond motifs is 1. The van der Waals surface area contributed by atoms with Gasteiger partial charge in [0.15, 0.2) is 17.2 Å². The fourth-order valence-corrected chi connectivity index (χ4v) is 4.58. The van der Waals surface area contributed by atoms with Crippen molar-refractivity contribution in [1.29, 1.82) is 0 Å². The standard InChI is InChI=1S/C28H28FN3O5/c1-17-11-19(3-5-22(17)28(33)34)25-15-31-27-24(30-14-18-7-9-36-10-8-18)13-21(16-32(25)27)37-20-4-6-26(35-2)23(29)12-20/h3-6,11-13,15-16,18,30H,7-10,14H2,1-2H3,(H,33,34). The van der Waals surface area contributed by atoms with E-state index in [4.69, 9.17) is 14.2 Å². The number of halogens is 1. The number of carboxylic acids is 1. The fraction of sp³-hybridized carbons (Fsp3) is 0.286. The van der Waals surface area contributed by atoms with Crippen LogP contribution in [0.15, 0.2) is 54.9 Å². The van der Waals surface area contributed by atoms with Crippen LogP contribution in [-0.2, 0) is 4.74 Å². The zero-order valence-electron chi connectivity index (χ0n) is 20.7. The molecule has 1 saturated heterocycles. The molecule has 3 heterocycles. The Morgan fingerprint density at radius 3 is 2.70 bits per heavy atom. The number of nitrogens with one attached hydrogen (secondary N) is 1. The minimum Gasteiger partial charge on any atom is -0.494 e. The Balaban J connectivity index is 1.54. The van der Waals surface area contributed by atoms with E-state index in [1.807, 2.05) is 16.5 Å². The van der Waals surface area contributed by atoms with Crippen LogP contribution in [0.3, 0.4) is 0 Å². The first-order chi connectivity index (χ1) is 17.9. The van der Waals surface area contributed by atoms with Crippen molar-refractivity contribution in [2.24, 2.45) is 5.92 Å². The highest BCUT2D eigenvalue weighted by atomic mass is 19.1. The first-order valence-electron chi connectivity index (χ1n) is 12.1. The number of rotatable bonds is 8. The Morgan fingerprint density at radius 2 is 2.00 bits per heavy atom. The average molecular weight is 506 g/mol. The number of hydrogen-bond donors (Lipinski definition) is 2. The average Bonchev–Trinajstić information content (AvgIpc) is 3.32. The number of aromatic carboxylic acids is 1. The van der Waals surface area contributed by atoms with Crippen LogP contribution in [-0.4, -0.2) is 47.3 Å². The van der Waals surface area contributed by atoms with Crippen molar-refractivity contribution in [3.63, 3.8) is 0 Å². The van der Waals surface area contributed by atoms with Crippen LogP contribution in [0.1, 0.15) is 28.8 Å². The van der Waals surface area contributed by atoms with Gasteiger partial charge < -0.3 is 24.6 Å². The zero-order valence-corrected chi connectivity index (χ0v) is 20.7.